The Balaban J connectivity index is 2.54. The Morgan fingerprint density at radius 3 is 2.57 bits per heavy atom. The van der Waals surface area contributed by atoms with Gasteiger partial charge >= 0.3 is 0 Å². The number of hydrogen-bond acceptors (Lipinski definition) is 3. The summed E-state index contributed by atoms with van der Waals surface area (Å²) in [6.45, 7) is 5.10. The van der Waals surface area contributed by atoms with Crippen molar-refractivity contribution >= 4 is 11.8 Å². The van der Waals surface area contributed by atoms with Gasteiger partial charge in [0.05, 0.1) is 0 Å². The minimum atomic E-state index is -0.215. The van der Waals surface area contributed by atoms with Crippen LogP contribution in [0.2, 0.25) is 0 Å². The van der Waals surface area contributed by atoms with Crippen LogP contribution < -0.4 is 5.32 Å². The van der Waals surface area contributed by atoms with Gasteiger partial charge in [-0.3, -0.25) is 9.59 Å². The molecule has 0 saturated heterocycles. The molecule has 114 valence electrons. The van der Waals surface area contributed by atoms with Crippen LogP contribution in [0, 0.1) is 0 Å². The van der Waals surface area contributed by atoms with Crippen LogP contribution in [-0.2, 0) is 16.1 Å². The van der Waals surface area contributed by atoms with E-state index in [0.717, 1.165) is 12.0 Å². The van der Waals surface area contributed by atoms with Gasteiger partial charge in [0.1, 0.15) is 0 Å². The number of carbonyl (C=O) groups excluding carboxylic acids is 2. The molecule has 0 aromatic heterocycles. The summed E-state index contributed by atoms with van der Waals surface area (Å²) < 4.78 is 4.97. The van der Waals surface area contributed by atoms with E-state index in [-0.39, 0.29) is 11.8 Å². The molecular weight excluding hydrogens is 268 g/mol. The van der Waals surface area contributed by atoms with Gasteiger partial charge in [0.25, 0.3) is 5.91 Å². The average Bonchev–Trinajstić information content (AvgIpc) is 2.52. The molecule has 0 saturated carbocycles. The van der Waals surface area contributed by atoms with E-state index in [1.807, 2.05) is 12.1 Å². The van der Waals surface area contributed by atoms with Crippen LogP contribution in [0.4, 0.5) is 0 Å². The highest BCUT2D eigenvalue weighted by Crippen LogP contribution is 2.07. The molecular formula is C16H22N2O3. The molecule has 0 atom stereocenters. The first-order valence-corrected chi connectivity index (χ1v) is 6.82. The molecule has 21 heavy (non-hydrogen) atoms. The fourth-order valence-corrected chi connectivity index (χ4v) is 1.79. The minimum absolute atomic E-state index is 0.0206. The second-order valence-corrected chi connectivity index (χ2v) is 4.69. The third kappa shape index (κ3) is 5.79. The number of hydrogen-bond donors (Lipinski definition) is 1. The largest absolute Gasteiger partial charge is 0.385 e. The highest BCUT2D eigenvalue weighted by atomic mass is 16.5. The Kier molecular flexibility index (Phi) is 7.18. The summed E-state index contributed by atoms with van der Waals surface area (Å²) >= 11 is 0. The molecule has 1 aromatic rings. The van der Waals surface area contributed by atoms with Crippen molar-refractivity contribution in [3.8, 4) is 0 Å². The Hall–Kier alpha value is -2.14. The summed E-state index contributed by atoms with van der Waals surface area (Å²) in [5.74, 6) is -0.235. The van der Waals surface area contributed by atoms with Crippen molar-refractivity contribution in [1.82, 2.24) is 10.2 Å². The van der Waals surface area contributed by atoms with Gasteiger partial charge in [0.15, 0.2) is 0 Å². The number of rotatable bonds is 8. The molecule has 0 aliphatic heterocycles. The lowest BCUT2D eigenvalue weighted by atomic mass is 10.1. The zero-order valence-corrected chi connectivity index (χ0v) is 12.6. The lowest BCUT2D eigenvalue weighted by molar-refractivity contribution is -0.116. The predicted octanol–water partition coefficient (Wildman–Crippen LogP) is 1.60. The van der Waals surface area contributed by atoms with E-state index in [2.05, 4.69) is 11.9 Å². The van der Waals surface area contributed by atoms with Crippen molar-refractivity contribution in [3.63, 3.8) is 0 Å². The standard InChI is InChI=1S/C16H22N2O3/c1-4-15(19)17-12-13-6-8-14(9-7-13)16(20)18(2)10-5-11-21-3/h4,6-9H,1,5,10-12H2,2-3H3,(H,17,19). The highest BCUT2D eigenvalue weighted by Gasteiger charge is 2.11. The maximum atomic E-state index is 12.2. The first-order valence-electron chi connectivity index (χ1n) is 6.82. The molecule has 0 aliphatic carbocycles. The fraction of sp³-hybridized carbons (Fsp3) is 0.375. The smallest absolute Gasteiger partial charge is 0.253 e. The zero-order chi connectivity index (χ0) is 15.7. The summed E-state index contributed by atoms with van der Waals surface area (Å²) in [4.78, 5) is 24.9. The summed E-state index contributed by atoms with van der Waals surface area (Å²) in [5, 5.41) is 2.69. The van der Waals surface area contributed by atoms with Gasteiger partial charge < -0.3 is 15.0 Å². The molecule has 0 fully saturated rings. The van der Waals surface area contributed by atoms with E-state index in [9.17, 15) is 9.59 Å². The van der Waals surface area contributed by atoms with E-state index in [1.165, 1.54) is 6.08 Å². The van der Waals surface area contributed by atoms with E-state index >= 15 is 0 Å². The Labute approximate surface area is 125 Å². The first kappa shape index (κ1) is 16.9. The number of nitrogens with zero attached hydrogens (tertiary/aromatic N) is 1. The lowest BCUT2D eigenvalue weighted by Crippen LogP contribution is -2.28. The Bertz CT molecular complexity index is 483. The summed E-state index contributed by atoms with van der Waals surface area (Å²) in [6, 6.07) is 7.20. The van der Waals surface area contributed by atoms with Gasteiger partial charge in [0.2, 0.25) is 5.91 Å². The maximum absolute atomic E-state index is 12.2. The van der Waals surface area contributed by atoms with Gasteiger partial charge in [-0.1, -0.05) is 18.7 Å². The van der Waals surface area contributed by atoms with Crippen LogP contribution in [-0.4, -0.2) is 44.0 Å². The quantitative estimate of drug-likeness (QED) is 0.584. The van der Waals surface area contributed by atoms with Crippen molar-refractivity contribution in [2.24, 2.45) is 0 Å². The Morgan fingerprint density at radius 2 is 2.00 bits per heavy atom. The molecule has 5 nitrogen and oxygen atoms in total. The van der Waals surface area contributed by atoms with Gasteiger partial charge in [-0.25, -0.2) is 0 Å². The van der Waals surface area contributed by atoms with Crippen LogP contribution in [0.5, 0.6) is 0 Å². The van der Waals surface area contributed by atoms with Crippen molar-refractivity contribution in [2.75, 3.05) is 27.3 Å². The minimum Gasteiger partial charge on any atom is -0.385 e. The molecule has 0 aliphatic rings. The third-order valence-electron chi connectivity index (χ3n) is 3.04. The zero-order valence-electron chi connectivity index (χ0n) is 12.6. The van der Waals surface area contributed by atoms with Crippen LogP contribution in [0.15, 0.2) is 36.9 Å². The molecule has 2 amide bonds. The van der Waals surface area contributed by atoms with Gasteiger partial charge in [0, 0.05) is 39.4 Å². The van der Waals surface area contributed by atoms with E-state index in [4.69, 9.17) is 4.74 Å². The number of ether oxygens (including phenoxy) is 1. The van der Waals surface area contributed by atoms with Crippen molar-refractivity contribution in [2.45, 2.75) is 13.0 Å². The third-order valence-corrected chi connectivity index (χ3v) is 3.04. The number of nitrogens with one attached hydrogen (secondary N) is 1. The van der Waals surface area contributed by atoms with Gasteiger partial charge in [-0.15, -0.1) is 0 Å². The van der Waals surface area contributed by atoms with E-state index in [1.54, 1.807) is 31.2 Å². The number of carbonyl (C=O) groups is 2. The second kappa shape index (κ2) is 8.92. The van der Waals surface area contributed by atoms with Crippen molar-refractivity contribution in [1.29, 1.82) is 0 Å². The number of amides is 2. The molecule has 1 N–H and O–H groups in total. The Morgan fingerprint density at radius 1 is 1.33 bits per heavy atom. The van der Waals surface area contributed by atoms with Crippen LogP contribution in [0.1, 0.15) is 22.3 Å². The summed E-state index contributed by atoms with van der Waals surface area (Å²) in [6.07, 6.45) is 2.04. The lowest BCUT2D eigenvalue weighted by Gasteiger charge is -2.17. The van der Waals surface area contributed by atoms with Crippen molar-refractivity contribution in [3.05, 3.63) is 48.0 Å². The normalized spacial score (nSPS) is 10.0. The fourth-order valence-electron chi connectivity index (χ4n) is 1.79. The summed E-state index contributed by atoms with van der Waals surface area (Å²) in [7, 11) is 3.42. The number of methoxy groups -OCH3 is 1. The van der Waals surface area contributed by atoms with Crippen LogP contribution >= 0.6 is 0 Å². The van der Waals surface area contributed by atoms with Crippen LogP contribution in [0.25, 0.3) is 0 Å². The van der Waals surface area contributed by atoms with Gasteiger partial charge in [-0.2, -0.15) is 0 Å². The maximum Gasteiger partial charge on any atom is 0.253 e. The first-order chi connectivity index (χ1) is 10.1. The topological polar surface area (TPSA) is 58.6 Å². The molecule has 0 spiro atoms. The van der Waals surface area contributed by atoms with E-state index in [0.29, 0.717) is 25.3 Å². The molecule has 0 radical (unpaired) electrons. The molecule has 1 rings (SSSR count). The molecule has 0 heterocycles. The van der Waals surface area contributed by atoms with Crippen LogP contribution in [0.3, 0.4) is 0 Å². The molecule has 0 bridgehead atoms. The number of benzene rings is 1. The monoisotopic (exact) mass is 290 g/mol. The van der Waals surface area contributed by atoms with Crippen molar-refractivity contribution < 1.29 is 14.3 Å². The SMILES string of the molecule is C=CC(=O)NCc1ccc(C(=O)N(C)CCCOC)cc1. The average molecular weight is 290 g/mol. The molecule has 0 unspecified atom stereocenters. The molecule has 1 aromatic carbocycles. The van der Waals surface area contributed by atoms with Gasteiger partial charge in [-0.05, 0) is 30.2 Å². The highest BCUT2D eigenvalue weighted by molar-refractivity contribution is 5.94. The summed E-state index contributed by atoms with van der Waals surface area (Å²) in [5.41, 5.74) is 1.57. The second-order valence-electron chi connectivity index (χ2n) is 4.69. The van der Waals surface area contributed by atoms with E-state index < -0.39 is 0 Å². The predicted molar refractivity (Wildman–Crippen MR) is 81.9 cm³/mol. The molecule has 5 heteroatoms.